The summed E-state index contributed by atoms with van der Waals surface area (Å²) in [5.41, 5.74) is 0. The number of esters is 1. The summed E-state index contributed by atoms with van der Waals surface area (Å²) >= 11 is 3.47. The molecule has 0 N–H and O–H groups in total. The fraction of sp³-hybridized carbons (Fsp3) is 0.875. The standard InChI is InChI=1S/C8H13BrO2/c1-2-11-8(10)6-4-3-5-7(6)9/h6-7H,2-5H2,1H3/t6-,7+/m1/s1. The molecule has 1 aliphatic rings. The van der Waals surface area contributed by atoms with E-state index in [-0.39, 0.29) is 11.9 Å². The zero-order valence-electron chi connectivity index (χ0n) is 6.68. The first-order valence-corrected chi connectivity index (χ1v) is 4.98. The Labute approximate surface area is 75.4 Å². The molecule has 0 spiro atoms. The van der Waals surface area contributed by atoms with E-state index in [1.54, 1.807) is 0 Å². The van der Waals surface area contributed by atoms with Crippen LogP contribution in [0.15, 0.2) is 0 Å². The van der Waals surface area contributed by atoms with Crippen LogP contribution in [0.2, 0.25) is 0 Å². The van der Waals surface area contributed by atoms with Gasteiger partial charge in [-0.3, -0.25) is 4.79 Å². The molecule has 0 aromatic carbocycles. The number of carbonyl (C=O) groups is 1. The molecule has 0 radical (unpaired) electrons. The van der Waals surface area contributed by atoms with Crippen LogP contribution in [-0.2, 0) is 9.53 Å². The van der Waals surface area contributed by atoms with Crippen molar-refractivity contribution >= 4 is 21.9 Å². The summed E-state index contributed by atoms with van der Waals surface area (Å²) in [6.45, 7) is 2.34. The maximum Gasteiger partial charge on any atom is 0.310 e. The van der Waals surface area contributed by atoms with Crippen LogP contribution in [-0.4, -0.2) is 17.4 Å². The summed E-state index contributed by atoms with van der Waals surface area (Å²) in [6.07, 6.45) is 3.22. The molecule has 0 unspecified atom stereocenters. The van der Waals surface area contributed by atoms with Crippen molar-refractivity contribution in [1.82, 2.24) is 0 Å². The number of rotatable bonds is 2. The molecule has 0 amide bonds. The van der Waals surface area contributed by atoms with Crippen molar-refractivity contribution in [2.75, 3.05) is 6.61 Å². The van der Waals surface area contributed by atoms with E-state index in [0.717, 1.165) is 19.3 Å². The molecule has 0 aromatic heterocycles. The van der Waals surface area contributed by atoms with Gasteiger partial charge in [0.05, 0.1) is 12.5 Å². The quantitative estimate of drug-likeness (QED) is 0.527. The first kappa shape index (κ1) is 9.04. The third-order valence-electron chi connectivity index (χ3n) is 2.02. The second-order valence-corrected chi connectivity index (χ2v) is 3.98. The Bertz CT molecular complexity index is 147. The van der Waals surface area contributed by atoms with E-state index in [1.165, 1.54) is 0 Å². The van der Waals surface area contributed by atoms with Crippen molar-refractivity contribution in [1.29, 1.82) is 0 Å². The van der Waals surface area contributed by atoms with Crippen LogP contribution in [0, 0.1) is 5.92 Å². The van der Waals surface area contributed by atoms with Gasteiger partial charge in [-0.2, -0.15) is 0 Å². The number of carbonyl (C=O) groups excluding carboxylic acids is 1. The van der Waals surface area contributed by atoms with E-state index in [4.69, 9.17) is 4.74 Å². The second-order valence-electron chi connectivity index (χ2n) is 2.81. The van der Waals surface area contributed by atoms with Crippen LogP contribution in [0.4, 0.5) is 0 Å². The second kappa shape index (κ2) is 4.10. The molecule has 64 valence electrons. The summed E-state index contributed by atoms with van der Waals surface area (Å²) in [7, 11) is 0. The Morgan fingerprint density at radius 2 is 2.36 bits per heavy atom. The predicted octanol–water partition coefficient (Wildman–Crippen LogP) is 2.11. The van der Waals surface area contributed by atoms with Gasteiger partial charge in [-0.15, -0.1) is 0 Å². The van der Waals surface area contributed by atoms with Crippen molar-refractivity contribution in [2.45, 2.75) is 31.0 Å². The van der Waals surface area contributed by atoms with Crippen LogP contribution < -0.4 is 0 Å². The van der Waals surface area contributed by atoms with Gasteiger partial charge in [0.15, 0.2) is 0 Å². The van der Waals surface area contributed by atoms with Crippen molar-refractivity contribution in [3.63, 3.8) is 0 Å². The van der Waals surface area contributed by atoms with Crippen molar-refractivity contribution in [2.24, 2.45) is 5.92 Å². The minimum absolute atomic E-state index is 0.0353. The summed E-state index contributed by atoms with van der Waals surface area (Å²) in [4.78, 5) is 11.6. The third-order valence-corrected chi connectivity index (χ3v) is 3.12. The molecule has 11 heavy (non-hydrogen) atoms. The van der Waals surface area contributed by atoms with Gasteiger partial charge in [0, 0.05) is 4.83 Å². The largest absolute Gasteiger partial charge is 0.466 e. The molecule has 3 heteroatoms. The number of ether oxygens (including phenoxy) is 1. The third kappa shape index (κ3) is 2.19. The lowest BCUT2D eigenvalue weighted by atomic mass is 10.1. The first-order chi connectivity index (χ1) is 5.25. The molecule has 1 saturated carbocycles. The fourth-order valence-electron chi connectivity index (χ4n) is 1.43. The number of hydrogen-bond acceptors (Lipinski definition) is 2. The zero-order valence-corrected chi connectivity index (χ0v) is 8.26. The van der Waals surface area contributed by atoms with Gasteiger partial charge >= 0.3 is 5.97 Å². The monoisotopic (exact) mass is 220 g/mol. The predicted molar refractivity (Wildman–Crippen MR) is 46.7 cm³/mol. The SMILES string of the molecule is CCOC(=O)[C@@H]1CCC[C@@H]1Br. The maximum atomic E-state index is 11.2. The molecule has 0 aromatic rings. The highest BCUT2D eigenvalue weighted by Crippen LogP contribution is 2.32. The van der Waals surface area contributed by atoms with E-state index in [0.29, 0.717) is 11.4 Å². The highest BCUT2D eigenvalue weighted by atomic mass is 79.9. The fourth-order valence-corrected chi connectivity index (χ4v) is 2.23. The van der Waals surface area contributed by atoms with Crippen LogP contribution in [0.25, 0.3) is 0 Å². The molecule has 1 aliphatic carbocycles. The van der Waals surface area contributed by atoms with E-state index in [9.17, 15) is 4.79 Å². The Morgan fingerprint density at radius 1 is 1.64 bits per heavy atom. The van der Waals surface area contributed by atoms with E-state index < -0.39 is 0 Å². The Hall–Kier alpha value is -0.0500. The van der Waals surface area contributed by atoms with E-state index in [2.05, 4.69) is 15.9 Å². The number of hydrogen-bond donors (Lipinski definition) is 0. The van der Waals surface area contributed by atoms with Crippen LogP contribution in [0.3, 0.4) is 0 Å². The minimum Gasteiger partial charge on any atom is -0.466 e. The highest BCUT2D eigenvalue weighted by molar-refractivity contribution is 9.09. The lowest BCUT2D eigenvalue weighted by Crippen LogP contribution is -2.21. The van der Waals surface area contributed by atoms with Gasteiger partial charge in [-0.05, 0) is 19.8 Å². The van der Waals surface area contributed by atoms with Gasteiger partial charge in [-0.25, -0.2) is 0 Å². The van der Waals surface area contributed by atoms with Gasteiger partial charge in [0.2, 0.25) is 0 Å². The molecule has 0 bridgehead atoms. The van der Waals surface area contributed by atoms with Gasteiger partial charge in [-0.1, -0.05) is 22.4 Å². The van der Waals surface area contributed by atoms with Gasteiger partial charge < -0.3 is 4.74 Å². The molecule has 2 nitrogen and oxygen atoms in total. The lowest BCUT2D eigenvalue weighted by molar-refractivity contribution is -0.147. The molecule has 2 atom stereocenters. The Kier molecular flexibility index (Phi) is 3.37. The number of halogens is 1. The smallest absolute Gasteiger partial charge is 0.310 e. The highest BCUT2D eigenvalue weighted by Gasteiger charge is 2.31. The Balaban J connectivity index is 2.39. The average molecular weight is 221 g/mol. The zero-order chi connectivity index (χ0) is 8.27. The average Bonchev–Trinajstić information content (AvgIpc) is 2.36. The van der Waals surface area contributed by atoms with Crippen molar-refractivity contribution < 1.29 is 9.53 Å². The lowest BCUT2D eigenvalue weighted by Gasteiger charge is -2.11. The molecular weight excluding hydrogens is 208 g/mol. The van der Waals surface area contributed by atoms with Crippen LogP contribution in [0.1, 0.15) is 26.2 Å². The minimum atomic E-state index is -0.0353. The molecule has 0 saturated heterocycles. The molecule has 1 fully saturated rings. The van der Waals surface area contributed by atoms with Crippen molar-refractivity contribution in [3.8, 4) is 0 Å². The van der Waals surface area contributed by atoms with Crippen LogP contribution in [0.5, 0.6) is 0 Å². The van der Waals surface area contributed by atoms with Crippen LogP contribution >= 0.6 is 15.9 Å². The van der Waals surface area contributed by atoms with Crippen molar-refractivity contribution in [3.05, 3.63) is 0 Å². The molecule has 1 rings (SSSR count). The summed E-state index contributed by atoms with van der Waals surface area (Å²) < 4.78 is 4.93. The summed E-state index contributed by atoms with van der Waals surface area (Å²) in [5, 5.41) is 0. The number of alkyl halides is 1. The topological polar surface area (TPSA) is 26.3 Å². The molecule has 0 aliphatic heterocycles. The first-order valence-electron chi connectivity index (χ1n) is 4.06. The maximum absolute atomic E-state index is 11.2. The van der Waals surface area contributed by atoms with Gasteiger partial charge in [0.1, 0.15) is 0 Å². The molecular formula is C8H13BrO2. The molecule has 0 heterocycles. The van der Waals surface area contributed by atoms with Gasteiger partial charge in [0.25, 0.3) is 0 Å². The van der Waals surface area contributed by atoms with E-state index in [1.807, 2.05) is 6.92 Å². The summed E-state index contributed by atoms with van der Waals surface area (Å²) in [5.74, 6) is 0.0711. The van der Waals surface area contributed by atoms with E-state index >= 15 is 0 Å². The summed E-state index contributed by atoms with van der Waals surface area (Å²) in [6, 6.07) is 0. The normalized spacial score (nSPS) is 30.4. The Morgan fingerprint density at radius 3 is 2.82 bits per heavy atom.